The highest BCUT2D eigenvalue weighted by molar-refractivity contribution is 9.08. The second-order valence-electron chi connectivity index (χ2n) is 5.29. The van der Waals surface area contributed by atoms with Gasteiger partial charge in [-0.3, -0.25) is 0 Å². The molecule has 3 rings (SSSR count). The zero-order chi connectivity index (χ0) is 12.4. The van der Waals surface area contributed by atoms with E-state index in [1.54, 1.807) is 0 Å². The van der Waals surface area contributed by atoms with Gasteiger partial charge in [-0.2, -0.15) is 0 Å². The number of aryl methyl sites for hydroxylation is 1. The van der Waals surface area contributed by atoms with Crippen LogP contribution in [0.3, 0.4) is 0 Å². The van der Waals surface area contributed by atoms with Crippen molar-refractivity contribution < 1.29 is 4.74 Å². The van der Waals surface area contributed by atoms with Crippen LogP contribution in [-0.4, -0.2) is 27.5 Å². The first kappa shape index (κ1) is 12.6. The summed E-state index contributed by atoms with van der Waals surface area (Å²) in [7, 11) is 0. The van der Waals surface area contributed by atoms with Crippen LogP contribution in [0.5, 0.6) is 0 Å². The van der Waals surface area contributed by atoms with Crippen LogP contribution in [0.2, 0.25) is 0 Å². The molecular formula is C13H20BrN3O. The molecule has 1 atom stereocenters. The molecule has 4 nitrogen and oxygen atoms in total. The Morgan fingerprint density at radius 1 is 1.17 bits per heavy atom. The Morgan fingerprint density at radius 2 is 2.00 bits per heavy atom. The van der Waals surface area contributed by atoms with E-state index in [4.69, 9.17) is 4.74 Å². The molecule has 0 bridgehead atoms. The van der Waals surface area contributed by atoms with Crippen molar-refractivity contribution in [3.63, 3.8) is 0 Å². The summed E-state index contributed by atoms with van der Waals surface area (Å²) < 4.78 is 8.13. The Labute approximate surface area is 116 Å². The molecule has 0 spiro atoms. The third-order valence-corrected chi connectivity index (χ3v) is 4.33. The second-order valence-corrected chi connectivity index (χ2v) is 5.86. The Hall–Kier alpha value is -0.420. The Balaban J connectivity index is 1.63. The maximum atomic E-state index is 5.78. The number of hydrogen-bond acceptors (Lipinski definition) is 3. The van der Waals surface area contributed by atoms with Gasteiger partial charge in [0, 0.05) is 19.1 Å². The molecule has 1 aliphatic heterocycles. The maximum absolute atomic E-state index is 5.78. The van der Waals surface area contributed by atoms with Crippen LogP contribution in [0, 0.1) is 0 Å². The normalized spacial score (nSPS) is 24.4. The monoisotopic (exact) mass is 313 g/mol. The molecule has 1 aliphatic carbocycles. The van der Waals surface area contributed by atoms with Gasteiger partial charge < -0.3 is 9.30 Å². The Bertz CT molecular complexity index is 397. The fraction of sp³-hybridized carbons (Fsp3) is 0.846. The molecule has 0 amide bonds. The summed E-state index contributed by atoms with van der Waals surface area (Å²) >= 11 is 3.50. The lowest BCUT2D eigenvalue weighted by Gasteiger charge is -2.22. The van der Waals surface area contributed by atoms with Crippen LogP contribution in [0.4, 0.5) is 0 Å². The van der Waals surface area contributed by atoms with Crippen LogP contribution in [0.25, 0.3) is 0 Å². The molecule has 18 heavy (non-hydrogen) atoms. The first-order valence-corrected chi connectivity index (χ1v) is 8.11. The molecule has 100 valence electrons. The topological polar surface area (TPSA) is 39.9 Å². The summed E-state index contributed by atoms with van der Waals surface area (Å²) in [5, 5.41) is 9.45. The number of alkyl halides is 1. The van der Waals surface area contributed by atoms with Gasteiger partial charge in [-0.25, -0.2) is 0 Å². The van der Waals surface area contributed by atoms with Crippen molar-refractivity contribution in [1.82, 2.24) is 14.8 Å². The smallest absolute Gasteiger partial charge is 0.143 e. The number of rotatable bonds is 5. The van der Waals surface area contributed by atoms with E-state index < -0.39 is 0 Å². The van der Waals surface area contributed by atoms with Crippen molar-refractivity contribution in [2.45, 2.75) is 62.4 Å². The SMILES string of the molecule is BrCc1nnc(CCC2CCCCO2)n1C1CC1. The number of halogens is 1. The molecule has 0 N–H and O–H groups in total. The summed E-state index contributed by atoms with van der Waals surface area (Å²) in [4.78, 5) is 0. The van der Waals surface area contributed by atoms with Crippen molar-refractivity contribution in [3.05, 3.63) is 11.6 Å². The van der Waals surface area contributed by atoms with Gasteiger partial charge in [0.1, 0.15) is 11.6 Å². The van der Waals surface area contributed by atoms with Gasteiger partial charge in [0.2, 0.25) is 0 Å². The number of aromatic nitrogens is 3. The molecular weight excluding hydrogens is 294 g/mol. The van der Waals surface area contributed by atoms with Crippen molar-refractivity contribution >= 4 is 15.9 Å². The zero-order valence-corrected chi connectivity index (χ0v) is 12.2. The highest BCUT2D eigenvalue weighted by Gasteiger charge is 2.29. The predicted molar refractivity (Wildman–Crippen MR) is 72.8 cm³/mol. The lowest BCUT2D eigenvalue weighted by molar-refractivity contribution is 0.0111. The third-order valence-electron chi connectivity index (χ3n) is 3.83. The first-order chi connectivity index (χ1) is 8.88. The fourth-order valence-corrected chi connectivity index (χ4v) is 3.08. The molecule has 1 saturated carbocycles. The van der Waals surface area contributed by atoms with Gasteiger partial charge in [0.05, 0.1) is 11.4 Å². The molecule has 1 aromatic rings. The van der Waals surface area contributed by atoms with Crippen LogP contribution in [0.1, 0.15) is 56.2 Å². The highest BCUT2D eigenvalue weighted by atomic mass is 79.9. The zero-order valence-electron chi connectivity index (χ0n) is 10.6. The summed E-state index contributed by atoms with van der Waals surface area (Å²) in [5.74, 6) is 2.23. The molecule has 2 fully saturated rings. The second kappa shape index (κ2) is 5.70. The minimum absolute atomic E-state index is 0.440. The standard InChI is InChI=1S/C13H20BrN3O/c14-9-13-16-15-12(17(13)10-4-5-10)7-6-11-3-1-2-8-18-11/h10-11H,1-9H2. The summed E-state index contributed by atoms with van der Waals surface area (Å²) in [6.07, 6.45) is 8.85. The van der Waals surface area contributed by atoms with E-state index in [9.17, 15) is 0 Å². The summed E-state index contributed by atoms with van der Waals surface area (Å²) in [5.41, 5.74) is 0. The highest BCUT2D eigenvalue weighted by Crippen LogP contribution is 2.37. The largest absolute Gasteiger partial charge is 0.378 e. The molecule has 0 radical (unpaired) electrons. The Kier molecular flexibility index (Phi) is 3.99. The first-order valence-electron chi connectivity index (χ1n) is 6.98. The van der Waals surface area contributed by atoms with E-state index in [2.05, 4.69) is 30.7 Å². The van der Waals surface area contributed by atoms with E-state index >= 15 is 0 Å². The van der Waals surface area contributed by atoms with E-state index in [0.717, 1.165) is 36.4 Å². The Morgan fingerprint density at radius 3 is 2.67 bits per heavy atom. The maximum Gasteiger partial charge on any atom is 0.143 e. The van der Waals surface area contributed by atoms with Crippen molar-refractivity contribution in [1.29, 1.82) is 0 Å². The number of ether oxygens (including phenoxy) is 1. The number of hydrogen-bond donors (Lipinski definition) is 0. The minimum atomic E-state index is 0.440. The van der Waals surface area contributed by atoms with Crippen molar-refractivity contribution in [2.75, 3.05) is 6.61 Å². The van der Waals surface area contributed by atoms with Gasteiger partial charge in [-0.15, -0.1) is 10.2 Å². The predicted octanol–water partition coefficient (Wildman–Crippen LogP) is 3.01. The minimum Gasteiger partial charge on any atom is -0.378 e. The van der Waals surface area contributed by atoms with Crippen LogP contribution in [0.15, 0.2) is 0 Å². The molecule has 0 aromatic carbocycles. The van der Waals surface area contributed by atoms with Gasteiger partial charge in [-0.1, -0.05) is 15.9 Å². The average Bonchev–Trinajstić information content (AvgIpc) is 3.18. The van der Waals surface area contributed by atoms with Gasteiger partial charge >= 0.3 is 0 Å². The van der Waals surface area contributed by atoms with E-state index in [-0.39, 0.29) is 0 Å². The van der Waals surface area contributed by atoms with Gasteiger partial charge in [0.15, 0.2) is 0 Å². The molecule has 2 heterocycles. The third kappa shape index (κ3) is 2.77. The van der Waals surface area contributed by atoms with Gasteiger partial charge in [-0.05, 0) is 38.5 Å². The quantitative estimate of drug-likeness (QED) is 0.784. The van der Waals surface area contributed by atoms with E-state index in [1.165, 1.54) is 32.1 Å². The van der Waals surface area contributed by atoms with Crippen LogP contribution >= 0.6 is 15.9 Å². The van der Waals surface area contributed by atoms with E-state index in [0.29, 0.717) is 12.1 Å². The lowest BCUT2D eigenvalue weighted by Crippen LogP contribution is -2.20. The molecule has 5 heteroatoms. The summed E-state index contributed by atoms with van der Waals surface area (Å²) in [6, 6.07) is 0.662. The molecule has 2 aliphatic rings. The van der Waals surface area contributed by atoms with Crippen LogP contribution < -0.4 is 0 Å². The molecule has 1 saturated heterocycles. The molecule has 1 aromatic heterocycles. The molecule has 1 unspecified atom stereocenters. The van der Waals surface area contributed by atoms with E-state index in [1.807, 2.05) is 0 Å². The van der Waals surface area contributed by atoms with Crippen molar-refractivity contribution in [3.8, 4) is 0 Å². The van der Waals surface area contributed by atoms with Crippen LogP contribution in [-0.2, 0) is 16.5 Å². The van der Waals surface area contributed by atoms with Crippen molar-refractivity contribution in [2.24, 2.45) is 0 Å². The van der Waals surface area contributed by atoms with Gasteiger partial charge in [0.25, 0.3) is 0 Å². The average molecular weight is 314 g/mol. The number of nitrogens with zero attached hydrogens (tertiary/aromatic N) is 3. The lowest BCUT2D eigenvalue weighted by atomic mass is 10.0. The fourth-order valence-electron chi connectivity index (χ4n) is 2.70. The summed E-state index contributed by atoms with van der Waals surface area (Å²) in [6.45, 7) is 0.937.